The number of aromatic nitrogens is 1. The molecule has 0 radical (unpaired) electrons. The number of hydrogen-bond donors (Lipinski definition) is 0. The maximum Gasteiger partial charge on any atom is 0.206 e. The second-order valence-corrected chi connectivity index (χ2v) is 15.9. The Morgan fingerprint density at radius 2 is 1.57 bits per heavy atom. The molecule has 44 heavy (non-hydrogen) atoms. The van der Waals surface area contributed by atoms with Crippen molar-refractivity contribution in [3.63, 3.8) is 0 Å². The van der Waals surface area contributed by atoms with E-state index < -0.39 is 9.84 Å². The van der Waals surface area contributed by atoms with Crippen molar-refractivity contribution >= 4 is 15.5 Å². The molecule has 7 rings (SSSR count). The highest BCUT2D eigenvalue weighted by Gasteiger charge is 2.51. The highest BCUT2D eigenvalue weighted by Crippen LogP contribution is 2.53. The number of aryl methyl sites for hydroxylation is 1. The largest absolute Gasteiger partial charge is 0.371 e. The van der Waals surface area contributed by atoms with Gasteiger partial charge in [0.25, 0.3) is 0 Å². The smallest absolute Gasteiger partial charge is 0.206 e. The van der Waals surface area contributed by atoms with E-state index in [4.69, 9.17) is 0 Å². The lowest BCUT2D eigenvalue weighted by atomic mass is 9.57. The lowest BCUT2D eigenvalue weighted by Gasteiger charge is -2.54. The summed E-state index contributed by atoms with van der Waals surface area (Å²) in [6.45, 7) is 13.3. The van der Waals surface area contributed by atoms with E-state index in [1.807, 2.05) is 19.1 Å². The van der Waals surface area contributed by atoms with Gasteiger partial charge in [-0.15, -0.1) is 0 Å². The first-order valence-corrected chi connectivity index (χ1v) is 18.4. The number of anilines is 1. The van der Waals surface area contributed by atoms with E-state index in [1.165, 1.54) is 64.7 Å². The normalized spacial score (nSPS) is 24.4. The summed E-state index contributed by atoms with van der Waals surface area (Å²) in [5.74, 6) is 2.26. The van der Waals surface area contributed by atoms with Crippen LogP contribution in [0.5, 0.6) is 0 Å². The predicted molar refractivity (Wildman–Crippen MR) is 177 cm³/mol. The Bertz CT molecular complexity index is 1550. The summed E-state index contributed by atoms with van der Waals surface area (Å²) in [7, 11) is -3.53. The van der Waals surface area contributed by atoms with E-state index in [2.05, 4.69) is 50.9 Å². The van der Waals surface area contributed by atoms with Crippen LogP contribution in [0, 0.1) is 24.7 Å². The monoisotopic (exact) mass is 612 g/mol. The molecule has 4 heterocycles. The Morgan fingerprint density at radius 1 is 0.864 bits per heavy atom. The fraction of sp³-hybridized carbons (Fsp3) is 0.541. The van der Waals surface area contributed by atoms with E-state index in [-0.39, 0.29) is 0 Å². The summed E-state index contributed by atoms with van der Waals surface area (Å²) in [6.07, 6.45) is 9.79. The number of fused-ring (bicyclic) bond motifs is 1. The highest BCUT2D eigenvalue weighted by atomic mass is 32.2. The molecule has 6 nitrogen and oxygen atoms in total. The van der Waals surface area contributed by atoms with E-state index in [0.29, 0.717) is 26.8 Å². The molecular weight excluding hydrogens is 565 g/mol. The zero-order valence-electron chi connectivity index (χ0n) is 26.5. The van der Waals surface area contributed by atoms with E-state index in [1.54, 1.807) is 41.6 Å². The van der Waals surface area contributed by atoms with Gasteiger partial charge in [-0.1, -0.05) is 44.0 Å². The third-order valence-electron chi connectivity index (χ3n) is 11.4. The number of likely N-dealkylation sites (tertiary alicyclic amines) is 1. The molecule has 7 heteroatoms. The second-order valence-electron chi connectivity index (χ2n) is 14.0. The molecule has 3 aromatic rings. The molecule has 1 aliphatic carbocycles. The van der Waals surface area contributed by atoms with Crippen LogP contribution in [-0.2, 0) is 21.8 Å². The summed E-state index contributed by atoms with van der Waals surface area (Å²) in [6, 6.07) is 20.1. The molecule has 0 amide bonds. The molecule has 1 unspecified atom stereocenters. The number of nitrogens with zero attached hydrogens (tertiary/aromatic N) is 4. The summed E-state index contributed by atoms with van der Waals surface area (Å²) in [5, 5.41) is 0. The van der Waals surface area contributed by atoms with Crippen LogP contribution in [0.1, 0.15) is 62.3 Å². The Labute approximate surface area is 264 Å². The minimum absolute atomic E-state index is 0.301. The van der Waals surface area contributed by atoms with Gasteiger partial charge >= 0.3 is 0 Å². The van der Waals surface area contributed by atoms with Crippen LogP contribution in [-0.4, -0.2) is 69.0 Å². The predicted octanol–water partition coefficient (Wildman–Crippen LogP) is 6.33. The van der Waals surface area contributed by atoms with Gasteiger partial charge in [-0.2, -0.15) is 0 Å². The Balaban J connectivity index is 0.969. The Kier molecular flexibility index (Phi) is 8.32. The summed E-state index contributed by atoms with van der Waals surface area (Å²) >= 11 is 0. The SMILES string of the molecule is CCN1Cc2ccccc2C(C2CCCC2)(C2CCN(CC3CN(c4ccc(S(=O)(=O)c5ccnc(C)c5)cc4)C3)CC2)C1. The zero-order valence-corrected chi connectivity index (χ0v) is 27.3. The Hall–Kier alpha value is -2.74. The molecule has 0 N–H and O–H groups in total. The number of piperidine rings is 1. The van der Waals surface area contributed by atoms with Gasteiger partial charge in [-0.3, -0.25) is 9.88 Å². The third-order valence-corrected chi connectivity index (χ3v) is 13.2. The Morgan fingerprint density at radius 3 is 2.27 bits per heavy atom. The van der Waals surface area contributed by atoms with Gasteiger partial charge in [-0.25, -0.2) is 8.42 Å². The van der Waals surface area contributed by atoms with Crippen LogP contribution in [0.25, 0.3) is 0 Å². The molecule has 1 atom stereocenters. The van der Waals surface area contributed by atoms with Gasteiger partial charge in [0, 0.05) is 61.6 Å². The lowest BCUT2D eigenvalue weighted by Crippen LogP contribution is -2.57. The van der Waals surface area contributed by atoms with Crippen molar-refractivity contribution in [3.05, 3.63) is 83.7 Å². The molecule has 3 aliphatic heterocycles. The maximum absolute atomic E-state index is 13.1. The van der Waals surface area contributed by atoms with Crippen LogP contribution in [0.2, 0.25) is 0 Å². The molecule has 0 spiro atoms. The third kappa shape index (κ3) is 5.50. The van der Waals surface area contributed by atoms with Crippen molar-refractivity contribution in [1.29, 1.82) is 0 Å². The molecule has 3 fully saturated rings. The van der Waals surface area contributed by atoms with Crippen LogP contribution in [0.4, 0.5) is 5.69 Å². The first kappa shape index (κ1) is 29.9. The first-order chi connectivity index (χ1) is 21.4. The molecule has 234 valence electrons. The number of pyridine rings is 1. The van der Waals surface area contributed by atoms with Crippen molar-refractivity contribution in [1.82, 2.24) is 14.8 Å². The van der Waals surface area contributed by atoms with Crippen molar-refractivity contribution in [2.24, 2.45) is 17.8 Å². The van der Waals surface area contributed by atoms with Crippen molar-refractivity contribution in [3.8, 4) is 0 Å². The van der Waals surface area contributed by atoms with Crippen molar-refractivity contribution < 1.29 is 8.42 Å². The highest BCUT2D eigenvalue weighted by molar-refractivity contribution is 7.91. The molecule has 4 aliphatic rings. The van der Waals surface area contributed by atoms with Gasteiger partial charge in [0.15, 0.2) is 0 Å². The summed E-state index contributed by atoms with van der Waals surface area (Å²) in [4.78, 5) is 12.6. The van der Waals surface area contributed by atoms with Gasteiger partial charge in [0.2, 0.25) is 9.84 Å². The average Bonchev–Trinajstić information content (AvgIpc) is 3.58. The van der Waals surface area contributed by atoms with Gasteiger partial charge in [0.1, 0.15) is 0 Å². The van der Waals surface area contributed by atoms with Crippen LogP contribution in [0.3, 0.4) is 0 Å². The molecule has 1 aromatic heterocycles. The minimum Gasteiger partial charge on any atom is -0.371 e. The van der Waals surface area contributed by atoms with Gasteiger partial charge in [-0.05, 0) is 112 Å². The fourth-order valence-electron chi connectivity index (χ4n) is 9.11. The molecule has 1 saturated carbocycles. The number of likely N-dealkylation sites (N-methyl/N-ethyl adjacent to an activating group) is 1. The molecule has 2 saturated heterocycles. The van der Waals surface area contributed by atoms with Crippen LogP contribution in [0.15, 0.2) is 76.7 Å². The number of rotatable bonds is 8. The first-order valence-electron chi connectivity index (χ1n) is 16.9. The van der Waals surface area contributed by atoms with E-state index in [0.717, 1.165) is 43.7 Å². The second kappa shape index (κ2) is 12.2. The van der Waals surface area contributed by atoms with Gasteiger partial charge < -0.3 is 9.80 Å². The van der Waals surface area contributed by atoms with Crippen molar-refractivity contribution in [2.45, 2.75) is 74.1 Å². The van der Waals surface area contributed by atoms with Crippen molar-refractivity contribution in [2.75, 3.05) is 50.7 Å². The maximum atomic E-state index is 13.1. The number of hydrogen-bond acceptors (Lipinski definition) is 6. The van der Waals surface area contributed by atoms with Crippen LogP contribution < -0.4 is 4.90 Å². The molecule has 2 aromatic carbocycles. The van der Waals surface area contributed by atoms with Crippen LogP contribution >= 0.6 is 0 Å². The lowest BCUT2D eigenvalue weighted by molar-refractivity contribution is 0.0359. The van der Waals surface area contributed by atoms with Gasteiger partial charge in [0.05, 0.1) is 9.79 Å². The van der Waals surface area contributed by atoms with E-state index in [9.17, 15) is 8.42 Å². The average molecular weight is 613 g/mol. The quantitative estimate of drug-likeness (QED) is 0.296. The molecule has 0 bridgehead atoms. The number of benzene rings is 2. The summed E-state index contributed by atoms with van der Waals surface area (Å²) < 4.78 is 26.2. The van der Waals surface area contributed by atoms with E-state index >= 15 is 0 Å². The topological polar surface area (TPSA) is 56.8 Å². The number of sulfone groups is 1. The standard InChI is InChI=1S/C37H48N4O2S/c1-3-39-26-30-8-4-7-11-36(30)37(27-39,31-9-5-6-10-31)32-17-20-40(21-18-32)23-29-24-41(25-29)33-12-14-34(15-13-33)44(42,43)35-16-19-38-28(2)22-35/h4,7-8,11-16,19,22,29,31-32H,3,5-6,9-10,17-18,20-21,23-27H2,1-2H3. The summed E-state index contributed by atoms with van der Waals surface area (Å²) in [5.41, 5.74) is 5.41. The molecular formula is C37H48N4O2S. The minimum atomic E-state index is -3.53. The zero-order chi connectivity index (χ0) is 30.3. The fourth-order valence-corrected chi connectivity index (χ4v) is 10.4.